The molecule has 2 fully saturated rings. The highest BCUT2D eigenvalue weighted by atomic mass is 32.2. The van der Waals surface area contributed by atoms with Crippen LogP contribution in [0.1, 0.15) is 45.4 Å². The van der Waals surface area contributed by atoms with Gasteiger partial charge in [0.15, 0.2) is 0 Å². The second kappa shape index (κ2) is 5.77. The lowest BCUT2D eigenvalue weighted by atomic mass is 9.71. The minimum atomic E-state index is 0.682. The van der Waals surface area contributed by atoms with Gasteiger partial charge >= 0.3 is 0 Å². The maximum atomic E-state index is 3.70. The summed E-state index contributed by atoms with van der Waals surface area (Å²) < 4.78 is 0. The molecular weight excluding hydrogens is 214 g/mol. The molecule has 0 saturated heterocycles. The van der Waals surface area contributed by atoms with Gasteiger partial charge < -0.3 is 5.32 Å². The Kier molecular flexibility index (Phi) is 4.60. The maximum Gasteiger partial charge on any atom is 0.00109 e. The summed E-state index contributed by atoms with van der Waals surface area (Å²) >= 11 is 2.03. The van der Waals surface area contributed by atoms with Crippen LogP contribution in [-0.2, 0) is 0 Å². The van der Waals surface area contributed by atoms with Gasteiger partial charge in [0, 0.05) is 6.54 Å². The van der Waals surface area contributed by atoms with E-state index in [2.05, 4.69) is 18.5 Å². The van der Waals surface area contributed by atoms with Crippen molar-refractivity contribution in [2.24, 2.45) is 17.3 Å². The van der Waals surface area contributed by atoms with Gasteiger partial charge in [-0.25, -0.2) is 0 Å². The second-order valence-corrected chi connectivity index (χ2v) is 6.85. The topological polar surface area (TPSA) is 12.0 Å². The van der Waals surface area contributed by atoms with Crippen LogP contribution >= 0.6 is 11.8 Å². The van der Waals surface area contributed by atoms with Crippen molar-refractivity contribution in [3.63, 3.8) is 0 Å². The number of hydrogen-bond acceptors (Lipinski definition) is 2. The Morgan fingerprint density at radius 2 is 2.25 bits per heavy atom. The van der Waals surface area contributed by atoms with Crippen LogP contribution in [0.4, 0.5) is 0 Å². The molecule has 0 aromatic heterocycles. The molecule has 0 amide bonds. The van der Waals surface area contributed by atoms with Gasteiger partial charge in [0.25, 0.3) is 0 Å². The summed E-state index contributed by atoms with van der Waals surface area (Å²) in [6.07, 6.45) is 11.1. The van der Waals surface area contributed by atoms with E-state index in [9.17, 15) is 0 Å². The van der Waals surface area contributed by atoms with E-state index in [0.29, 0.717) is 5.41 Å². The quantitative estimate of drug-likeness (QED) is 0.684. The molecule has 2 aliphatic carbocycles. The summed E-state index contributed by atoms with van der Waals surface area (Å²) in [5.41, 5.74) is 0.682. The third-order valence-corrected chi connectivity index (χ3v) is 5.42. The van der Waals surface area contributed by atoms with Gasteiger partial charge in [-0.15, -0.1) is 0 Å². The van der Waals surface area contributed by atoms with E-state index < -0.39 is 0 Å². The van der Waals surface area contributed by atoms with Crippen LogP contribution in [0.15, 0.2) is 0 Å². The predicted molar refractivity (Wildman–Crippen MR) is 74.0 cm³/mol. The molecule has 2 saturated carbocycles. The van der Waals surface area contributed by atoms with E-state index in [1.165, 1.54) is 50.9 Å². The molecule has 2 heteroatoms. The average molecular weight is 241 g/mol. The molecule has 1 nitrogen and oxygen atoms in total. The molecule has 0 spiro atoms. The number of fused-ring (bicyclic) bond motifs is 2. The lowest BCUT2D eigenvalue weighted by molar-refractivity contribution is 0.152. The van der Waals surface area contributed by atoms with Crippen molar-refractivity contribution in [1.29, 1.82) is 0 Å². The van der Waals surface area contributed by atoms with Crippen LogP contribution in [0, 0.1) is 17.3 Å². The first-order chi connectivity index (χ1) is 7.80. The fourth-order valence-corrected chi connectivity index (χ4v) is 4.60. The molecule has 0 aromatic carbocycles. The lowest BCUT2D eigenvalue weighted by Gasteiger charge is -2.38. The lowest BCUT2D eigenvalue weighted by Crippen LogP contribution is -2.39. The molecular formula is C14H27NS. The van der Waals surface area contributed by atoms with Gasteiger partial charge in [-0.2, -0.15) is 11.8 Å². The molecule has 3 unspecified atom stereocenters. The standard InChI is InChI=1S/C14H27NS/c1-3-7-15-11-14(6-8-16-2)10-12-4-5-13(14)9-12/h12-13,15H,3-11H2,1-2H3. The van der Waals surface area contributed by atoms with Gasteiger partial charge in [0.2, 0.25) is 0 Å². The molecule has 0 radical (unpaired) electrons. The van der Waals surface area contributed by atoms with Crippen LogP contribution in [0.25, 0.3) is 0 Å². The van der Waals surface area contributed by atoms with Crippen LogP contribution < -0.4 is 5.32 Å². The van der Waals surface area contributed by atoms with Crippen molar-refractivity contribution in [1.82, 2.24) is 5.32 Å². The van der Waals surface area contributed by atoms with Crippen molar-refractivity contribution in [3.8, 4) is 0 Å². The Bertz CT molecular complexity index is 219. The summed E-state index contributed by atoms with van der Waals surface area (Å²) in [7, 11) is 0. The zero-order valence-electron chi connectivity index (χ0n) is 10.9. The number of thioether (sulfide) groups is 1. The van der Waals surface area contributed by atoms with Crippen molar-refractivity contribution >= 4 is 11.8 Å². The van der Waals surface area contributed by atoms with Crippen molar-refractivity contribution < 1.29 is 0 Å². The van der Waals surface area contributed by atoms with Crippen molar-refractivity contribution in [2.75, 3.05) is 25.1 Å². The van der Waals surface area contributed by atoms with Gasteiger partial charge in [-0.3, -0.25) is 0 Å². The normalized spacial score (nSPS) is 37.1. The van der Waals surface area contributed by atoms with E-state index in [0.717, 1.165) is 11.8 Å². The molecule has 16 heavy (non-hydrogen) atoms. The Balaban J connectivity index is 1.90. The first kappa shape index (κ1) is 12.8. The van der Waals surface area contributed by atoms with Crippen LogP contribution in [0.3, 0.4) is 0 Å². The van der Waals surface area contributed by atoms with E-state index >= 15 is 0 Å². The van der Waals surface area contributed by atoms with E-state index in [1.807, 2.05) is 11.8 Å². The predicted octanol–water partition coefficient (Wildman–Crippen LogP) is 3.55. The van der Waals surface area contributed by atoms with Gasteiger partial charge in [-0.1, -0.05) is 13.3 Å². The van der Waals surface area contributed by atoms with E-state index in [1.54, 1.807) is 6.42 Å². The van der Waals surface area contributed by atoms with E-state index in [4.69, 9.17) is 0 Å². The molecule has 2 bridgehead atoms. The first-order valence-electron chi connectivity index (χ1n) is 7.00. The molecule has 2 rings (SSSR count). The fraction of sp³-hybridized carbons (Fsp3) is 1.00. The molecule has 3 atom stereocenters. The Morgan fingerprint density at radius 1 is 1.38 bits per heavy atom. The largest absolute Gasteiger partial charge is 0.316 e. The highest BCUT2D eigenvalue weighted by Gasteiger charge is 2.49. The van der Waals surface area contributed by atoms with Crippen LogP contribution in [0.2, 0.25) is 0 Å². The van der Waals surface area contributed by atoms with Gasteiger partial charge in [0.05, 0.1) is 0 Å². The smallest absolute Gasteiger partial charge is 0.00109 e. The first-order valence-corrected chi connectivity index (χ1v) is 8.40. The minimum Gasteiger partial charge on any atom is -0.316 e. The average Bonchev–Trinajstić information content (AvgIpc) is 2.87. The zero-order valence-corrected chi connectivity index (χ0v) is 11.7. The Morgan fingerprint density at radius 3 is 2.81 bits per heavy atom. The molecule has 1 N–H and O–H groups in total. The Labute approximate surface area is 105 Å². The maximum absolute atomic E-state index is 3.70. The SMILES string of the molecule is CCCNCC1(CCSC)CC2CCC1C2. The van der Waals surface area contributed by atoms with Crippen LogP contribution in [-0.4, -0.2) is 25.1 Å². The van der Waals surface area contributed by atoms with E-state index in [-0.39, 0.29) is 0 Å². The Hall–Kier alpha value is 0.310. The van der Waals surface area contributed by atoms with Crippen LogP contribution in [0.5, 0.6) is 0 Å². The number of hydrogen-bond donors (Lipinski definition) is 1. The highest BCUT2D eigenvalue weighted by Crippen LogP contribution is 2.57. The van der Waals surface area contributed by atoms with Crippen molar-refractivity contribution in [3.05, 3.63) is 0 Å². The highest BCUT2D eigenvalue weighted by molar-refractivity contribution is 7.98. The monoisotopic (exact) mass is 241 g/mol. The van der Waals surface area contributed by atoms with Crippen molar-refractivity contribution in [2.45, 2.75) is 45.4 Å². The molecule has 94 valence electrons. The fourth-order valence-electron chi connectivity index (χ4n) is 3.99. The van der Waals surface area contributed by atoms with Gasteiger partial charge in [-0.05, 0) is 67.9 Å². The summed E-state index contributed by atoms with van der Waals surface area (Å²) in [4.78, 5) is 0. The molecule has 0 heterocycles. The molecule has 0 aliphatic heterocycles. The third-order valence-electron chi connectivity index (χ3n) is 4.81. The summed E-state index contributed by atoms with van der Waals surface area (Å²) in [6.45, 7) is 4.77. The minimum absolute atomic E-state index is 0.682. The summed E-state index contributed by atoms with van der Waals surface area (Å²) in [6, 6.07) is 0. The van der Waals surface area contributed by atoms with Gasteiger partial charge in [0.1, 0.15) is 0 Å². The number of nitrogens with one attached hydrogen (secondary N) is 1. The molecule has 0 aromatic rings. The summed E-state index contributed by atoms with van der Waals surface area (Å²) in [5.74, 6) is 3.49. The number of rotatable bonds is 7. The third kappa shape index (κ3) is 2.59. The summed E-state index contributed by atoms with van der Waals surface area (Å²) in [5, 5.41) is 3.70. The second-order valence-electron chi connectivity index (χ2n) is 5.86. The molecule has 2 aliphatic rings. The zero-order chi connectivity index (χ0) is 11.4.